The van der Waals surface area contributed by atoms with E-state index in [4.69, 9.17) is 9.88 Å². The Hall–Kier alpha value is -0.720. The first-order valence-corrected chi connectivity index (χ1v) is 6.86. The van der Waals surface area contributed by atoms with E-state index < -0.39 is 10.0 Å². The standard InChI is InChI=1S/C9H13NO3S2/c1-3-14-8-6-4-5-7(13-2)9(8)15(10,11)12/h4-6H,3H2,1-2H3,(H2,10,11,12). The zero-order valence-electron chi connectivity index (χ0n) is 8.56. The van der Waals surface area contributed by atoms with Crippen LogP contribution in [0, 0.1) is 0 Å². The summed E-state index contributed by atoms with van der Waals surface area (Å²) in [5, 5.41) is 5.14. The number of nitrogens with two attached hydrogens (primary N) is 1. The molecule has 0 aromatic heterocycles. The molecule has 1 rings (SSSR count). The van der Waals surface area contributed by atoms with Crippen molar-refractivity contribution in [2.24, 2.45) is 5.14 Å². The second-order valence-corrected chi connectivity index (χ2v) is 5.57. The third kappa shape index (κ3) is 2.87. The fourth-order valence-electron chi connectivity index (χ4n) is 1.21. The van der Waals surface area contributed by atoms with Crippen molar-refractivity contribution in [2.45, 2.75) is 16.7 Å². The van der Waals surface area contributed by atoms with E-state index >= 15 is 0 Å². The fraction of sp³-hybridized carbons (Fsp3) is 0.333. The second-order valence-electron chi connectivity index (χ2n) is 2.77. The molecule has 0 saturated heterocycles. The van der Waals surface area contributed by atoms with Crippen molar-refractivity contribution in [1.29, 1.82) is 0 Å². The molecule has 6 heteroatoms. The van der Waals surface area contributed by atoms with E-state index in [1.165, 1.54) is 18.9 Å². The highest BCUT2D eigenvalue weighted by molar-refractivity contribution is 8.00. The van der Waals surface area contributed by atoms with Crippen molar-refractivity contribution in [2.75, 3.05) is 12.9 Å². The number of methoxy groups -OCH3 is 1. The van der Waals surface area contributed by atoms with Gasteiger partial charge >= 0.3 is 0 Å². The van der Waals surface area contributed by atoms with Gasteiger partial charge in [-0.1, -0.05) is 13.0 Å². The van der Waals surface area contributed by atoms with Crippen LogP contribution < -0.4 is 9.88 Å². The first kappa shape index (κ1) is 12.4. The lowest BCUT2D eigenvalue weighted by atomic mass is 10.3. The minimum Gasteiger partial charge on any atom is -0.495 e. The molecule has 0 heterocycles. The van der Waals surface area contributed by atoms with Crippen LogP contribution >= 0.6 is 11.8 Å². The molecule has 0 fully saturated rings. The van der Waals surface area contributed by atoms with Gasteiger partial charge in [-0.3, -0.25) is 0 Å². The van der Waals surface area contributed by atoms with Crippen LogP contribution in [0.2, 0.25) is 0 Å². The molecule has 1 aromatic rings. The van der Waals surface area contributed by atoms with Gasteiger partial charge in [-0.2, -0.15) is 0 Å². The molecule has 15 heavy (non-hydrogen) atoms. The van der Waals surface area contributed by atoms with Gasteiger partial charge in [0.05, 0.1) is 7.11 Å². The average Bonchev–Trinajstić information content (AvgIpc) is 2.16. The zero-order chi connectivity index (χ0) is 11.5. The molecule has 0 atom stereocenters. The Bertz CT molecular complexity index is 443. The number of thioether (sulfide) groups is 1. The molecular formula is C9H13NO3S2. The van der Waals surface area contributed by atoms with Crippen LogP contribution in [-0.2, 0) is 10.0 Å². The largest absolute Gasteiger partial charge is 0.495 e. The summed E-state index contributed by atoms with van der Waals surface area (Å²) in [6.07, 6.45) is 0. The molecule has 0 saturated carbocycles. The molecule has 0 aliphatic rings. The van der Waals surface area contributed by atoms with Gasteiger partial charge < -0.3 is 4.74 Å². The van der Waals surface area contributed by atoms with Crippen molar-refractivity contribution in [3.05, 3.63) is 18.2 Å². The van der Waals surface area contributed by atoms with Crippen molar-refractivity contribution in [3.8, 4) is 5.75 Å². The summed E-state index contributed by atoms with van der Waals surface area (Å²) >= 11 is 1.42. The molecule has 2 N–H and O–H groups in total. The predicted molar refractivity (Wildman–Crippen MR) is 60.8 cm³/mol. The van der Waals surface area contributed by atoms with E-state index in [2.05, 4.69) is 0 Å². The highest BCUT2D eigenvalue weighted by atomic mass is 32.2. The molecule has 0 aliphatic heterocycles. The minimum absolute atomic E-state index is 0.0688. The molecule has 1 aromatic carbocycles. The van der Waals surface area contributed by atoms with Gasteiger partial charge in [0.1, 0.15) is 10.6 Å². The Morgan fingerprint density at radius 1 is 1.47 bits per heavy atom. The quantitative estimate of drug-likeness (QED) is 0.818. The van der Waals surface area contributed by atoms with E-state index in [0.717, 1.165) is 5.75 Å². The first-order chi connectivity index (χ1) is 7.00. The van der Waals surface area contributed by atoms with Gasteiger partial charge in [-0.15, -0.1) is 11.8 Å². The molecule has 84 valence electrons. The lowest BCUT2D eigenvalue weighted by Gasteiger charge is -2.10. The van der Waals surface area contributed by atoms with Gasteiger partial charge in [0, 0.05) is 4.90 Å². The van der Waals surface area contributed by atoms with Crippen molar-refractivity contribution >= 4 is 21.8 Å². The van der Waals surface area contributed by atoms with Gasteiger partial charge in [0.25, 0.3) is 0 Å². The topological polar surface area (TPSA) is 69.4 Å². The maximum Gasteiger partial charge on any atom is 0.242 e. The lowest BCUT2D eigenvalue weighted by molar-refractivity contribution is 0.400. The Morgan fingerprint density at radius 3 is 2.60 bits per heavy atom. The van der Waals surface area contributed by atoms with Crippen LogP contribution in [0.3, 0.4) is 0 Å². The monoisotopic (exact) mass is 247 g/mol. The Morgan fingerprint density at radius 2 is 2.13 bits per heavy atom. The normalized spacial score (nSPS) is 11.4. The smallest absolute Gasteiger partial charge is 0.242 e. The highest BCUT2D eigenvalue weighted by Crippen LogP contribution is 2.32. The first-order valence-electron chi connectivity index (χ1n) is 4.33. The number of primary sulfonamides is 1. The molecule has 0 spiro atoms. The van der Waals surface area contributed by atoms with E-state index in [1.807, 2.05) is 6.92 Å². The van der Waals surface area contributed by atoms with Gasteiger partial charge in [0.2, 0.25) is 10.0 Å². The number of hydrogen-bond donors (Lipinski definition) is 1. The SMILES string of the molecule is CCSc1cccc(OC)c1S(N)(=O)=O. The van der Waals surface area contributed by atoms with Crippen LogP contribution in [-0.4, -0.2) is 21.3 Å². The van der Waals surface area contributed by atoms with Gasteiger partial charge in [-0.05, 0) is 17.9 Å². The van der Waals surface area contributed by atoms with Crippen molar-refractivity contribution < 1.29 is 13.2 Å². The molecule has 0 aliphatic carbocycles. The van der Waals surface area contributed by atoms with Crippen LogP contribution in [0.15, 0.2) is 28.0 Å². The summed E-state index contributed by atoms with van der Waals surface area (Å²) in [6.45, 7) is 1.94. The number of ether oxygens (including phenoxy) is 1. The Labute approximate surface area is 93.9 Å². The average molecular weight is 247 g/mol. The Balaban J connectivity index is 3.41. The summed E-state index contributed by atoms with van der Waals surface area (Å²) in [5.41, 5.74) is 0. The summed E-state index contributed by atoms with van der Waals surface area (Å²) in [5.74, 6) is 1.06. The fourth-order valence-corrected chi connectivity index (χ4v) is 3.23. The number of rotatable bonds is 4. The van der Waals surface area contributed by atoms with E-state index in [1.54, 1.807) is 18.2 Å². The maximum atomic E-state index is 11.4. The minimum atomic E-state index is -3.74. The molecule has 0 amide bonds. The molecule has 0 radical (unpaired) electrons. The van der Waals surface area contributed by atoms with E-state index in [9.17, 15) is 8.42 Å². The van der Waals surface area contributed by atoms with Crippen molar-refractivity contribution in [1.82, 2.24) is 0 Å². The van der Waals surface area contributed by atoms with Gasteiger partial charge in [-0.25, -0.2) is 13.6 Å². The maximum absolute atomic E-state index is 11.4. The molecule has 4 nitrogen and oxygen atoms in total. The summed E-state index contributed by atoms with van der Waals surface area (Å²) in [6, 6.07) is 5.04. The second kappa shape index (κ2) is 4.87. The number of hydrogen-bond acceptors (Lipinski definition) is 4. The predicted octanol–water partition coefficient (Wildman–Crippen LogP) is 1.45. The molecule has 0 unspecified atom stereocenters. The highest BCUT2D eigenvalue weighted by Gasteiger charge is 2.19. The van der Waals surface area contributed by atoms with Crippen LogP contribution in [0.4, 0.5) is 0 Å². The van der Waals surface area contributed by atoms with E-state index in [-0.39, 0.29) is 10.6 Å². The van der Waals surface area contributed by atoms with Crippen LogP contribution in [0.25, 0.3) is 0 Å². The third-order valence-corrected chi connectivity index (χ3v) is 3.81. The summed E-state index contributed by atoms with van der Waals surface area (Å²) in [4.78, 5) is 0.693. The lowest BCUT2D eigenvalue weighted by Crippen LogP contribution is -2.14. The number of benzene rings is 1. The Kier molecular flexibility index (Phi) is 4.01. The van der Waals surface area contributed by atoms with Crippen molar-refractivity contribution in [3.63, 3.8) is 0 Å². The summed E-state index contributed by atoms with van der Waals surface area (Å²) < 4.78 is 27.8. The zero-order valence-corrected chi connectivity index (χ0v) is 10.2. The third-order valence-electron chi connectivity index (χ3n) is 1.75. The van der Waals surface area contributed by atoms with Gasteiger partial charge in [0.15, 0.2) is 0 Å². The number of sulfonamides is 1. The van der Waals surface area contributed by atoms with Crippen LogP contribution in [0.5, 0.6) is 5.75 Å². The summed E-state index contributed by atoms with van der Waals surface area (Å²) in [7, 11) is -2.32. The van der Waals surface area contributed by atoms with E-state index in [0.29, 0.717) is 4.90 Å². The molecular weight excluding hydrogens is 234 g/mol. The molecule has 0 bridgehead atoms. The van der Waals surface area contributed by atoms with Crippen LogP contribution in [0.1, 0.15) is 6.92 Å².